The average Bonchev–Trinajstić information content (AvgIpc) is 3.27. The zero-order chi connectivity index (χ0) is 16.2. The summed E-state index contributed by atoms with van der Waals surface area (Å²) in [6.45, 7) is 2.67. The molecule has 0 bridgehead atoms. The summed E-state index contributed by atoms with van der Waals surface area (Å²) >= 11 is 1.95. The van der Waals surface area contributed by atoms with E-state index in [1.165, 1.54) is 30.4 Å². The summed E-state index contributed by atoms with van der Waals surface area (Å²) < 4.78 is 27.7. The fraction of sp³-hybridized carbons (Fsp3) is 0.588. The second-order valence-electron chi connectivity index (χ2n) is 6.11. The number of guanidine groups is 1. The lowest BCUT2D eigenvalue weighted by Crippen LogP contribution is -2.46. The fourth-order valence-corrected chi connectivity index (χ4v) is 4.13. The number of nitrogens with zero attached hydrogens (tertiary/aromatic N) is 1. The Labute approximate surface area is 163 Å². The van der Waals surface area contributed by atoms with Crippen molar-refractivity contribution in [3.8, 4) is 0 Å². The van der Waals surface area contributed by atoms with Crippen molar-refractivity contribution >= 4 is 41.7 Å². The van der Waals surface area contributed by atoms with Gasteiger partial charge < -0.3 is 10.6 Å². The maximum Gasteiger partial charge on any atom is 0.191 e. The monoisotopic (exact) mass is 467 g/mol. The zero-order valence-corrected chi connectivity index (χ0v) is 16.9. The predicted molar refractivity (Wildman–Crippen MR) is 108 cm³/mol. The van der Waals surface area contributed by atoms with Gasteiger partial charge in [0.05, 0.1) is 0 Å². The third kappa shape index (κ3) is 4.97. The van der Waals surface area contributed by atoms with Crippen LogP contribution in [0.25, 0.3) is 0 Å². The number of aliphatic imine (C=N–C) groups is 1. The Morgan fingerprint density at radius 2 is 2.04 bits per heavy atom. The third-order valence-corrected chi connectivity index (χ3v) is 5.52. The van der Waals surface area contributed by atoms with E-state index in [1.54, 1.807) is 0 Å². The van der Waals surface area contributed by atoms with Crippen LogP contribution in [0.2, 0.25) is 0 Å². The number of halogens is 3. The largest absolute Gasteiger partial charge is 0.353 e. The van der Waals surface area contributed by atoms with Gasteiger partial charge in [0.25, 0.3) is 0 Å². The summed E-state index contributed by atoms with van der Waals surface area (Å²) in [4.78, 5) is 4.47. The van der Waals surface area contributed by atoms with Gasteiger partial charge in [-0.25, -0.2) is 8.78 Å². The summed E-state index contributed by atoms with van der Waals surface area (Å²) in [5, 5.41) is 6.80. The molecule has 1 saturated heterocycles. The first-order chi connectivity index (χ1) is 11.2. The van der Waals surface area contributed by atoms with Crippen molar-refractivity contribution in [2.24, 2.45) is 4.99 Å². The first kappa shape index (κ1) is 19.8. The van der Waals surface area contributed by atoms with Gasteiger partial charge in [-0.3, -0.25) is 4.99 Å². The summed E-state index contributed by atoms with van der Waals surface area (Å²) in [6, 6.07) is 4.54. The predicted octanol–water partition coefficient (Wildman–Crippen LogP) is 3.89. The van der Waals surface area contributed by atoms with Crippen LogP contribution in [0.5, 0.6) is 0 Å². The molecule has 1 aromatic carbocycles. The molecule has 3 nitrogen and oxygen atoms in total. The van der Waals surface area contributed by atoms with E-state index in [1.807, 2.05) is 18.7 Å². The van der Waals surface area contributed by atoms with Gasteiger partial charge in [0.15, 0.2) is 5.96 Å². The minimum atomic E-state index is -0.454. The van der Waals surface area contributed by atoms with Crippen molar-refractivity contribution in [3.63, 3.8) is 0 Å². The maximum atomic E-state index is 13.9. The fourth-order valence-electron chi connectivity index (χ4n) is 3.05. The Bertz CT molecular complexity index is 559. The summed E-state index contributed by atoms with van der Waals surface area (Å²) in [5.41, 5.74) is 0.203. The van der Waals surface area contributed by atoms with E-state index in [-0.39, 0.29) is 41.5 Å². The molecular formula is C17H24F2IN3S. The third-order valence-electron chi connectivity index (χ3n) is 4.30. The SMILES string of the molecule is CCN=C(NC1CCCSC1)NC1CC1c1c(F)cccc1F.I. The molecule has 1 aliphatic heterocycles. The van der Waals surface area contributed by atoms with E-state index in [0.29, 0.717) is 12.6 Å². The van der Waals surface area contributed by atoms with Gasteiger partial charge in [-0.1, -0.05) is 6.07 Å². The molecular weight excluding hydrogens is 443 g/mol. The highest BCUT2D eigenvalue weighted by Crippen LogP contribution is 2.43. The molecule has 0 amide bonds. The molecule has 1 heterocycles. The quantitative estimate of drug-likeness (QED) is 0.401. The van der Waals surface area contributed by atoms with Crippen molar-refractivity contribution < 1.29 is 8.78 Å². The summed E-state index contributed by atoms with van der Waals surface area (Å²) in [6.07, 6.45) is 3.10. The molecule has 0 spiro atoms. The molecule has 0 radical (unpaired) electrons. The lowest BCUT2D eigenvalue weighted by molar-refractivity contribution is 0.551. The first-order valence-corrected chi connectivity index (χ1v) is 9.43. The lowest BCUT2D eigenvalue weighted by atomic mass is 10.1. The van der Waals surface area contributed by atoms with Gasteiger partial charge >= 0.3 is 0 Å². The standard InChI is InChI=1S/C17H23F2N3S.HI/c1-2-20-17(21-11-5-4-8-23-10-11)22-15-9-12(15)16-13(18)6-3-7-14(16)19;/h3,6-7,11-12,15H,2,4-5,8-10H2,1H3,(H2,20,21,22);1H. The highest BCUT2D eigenvalue weighted by Gasteiger charge is 2.42. The van der Waals surface area contributed by atoms with Crippen LogP contribution < -0.4 is 10.6 Å². The minimum absolute atomic E-state index is 0. The highest BCUT2D eigenvalue weighted by molar-refractivity contribution is 14.0. The Morgan fingerprint density at radius 1 is 1.29 bits per heavy atom. The molecule has 7 heteroatoms. The van der Waals surface area contributed by atoms with Crippen LogP contribution in [0, 0.1) is 11.6 Å². The van der Waals surface area contributed by atoms with Crippen LogP contribution in [0.1, 0.15) is 37.7 Å². The van der Waals surface area contributed by atoms with Crippen LogP contribution in [0.4, 0.5) is 8.78 Å². The minimum Gasteiger partial charge on any atom is -0.353 e. The molecule has 2 N–H and O–H groups in total. The Morgan fingerprint density at radius 3 is 2.67 bits per heavy atom. The topological polar surface area (TPSA) is 36.4 Å². The van der Waals surface area contributed by atoms with Gasteiger partial charge in [0.1, 0.15) is 11.6 Å². The number of hydrogen-bond acceptors (Lipinski definition) is 2. The van der Waals surface area contributed by atoms with Gasteiger partial charge in [0, 0.05) is 35.9 Å². The van der Waals surface area contributed by atoms with Gasteiger partial charge in [-0.2, -0.15) is 11.8 Å². The average molecular weight is 467 g/mol. The van der Waals surface area contributed by atoms with Crippen molar-refractivity contribution in [2.75, 3.05) is 18.1 Å². The molecule has 2 fully saturated rings. The first-order valence-electron chi connectivity index (χ1n) is 8.28. The van der Waals surface area contributed by atoms with E-state index >= 15 is 0 Å². The van der Waals surface area contributed by atoms with Crippen molar-refractivity contribution in [2.45, 2.75) is 44.2 Å². The molecule has 3 rings (SSSR count). The molecule has 0 aromatic heterocycles. The number of hydrogen-bond donors (Lipinski definition) is 2. The highest BCUT2D eigenvalue weighted by atomic mass is 127. The second kappa shape index (κ2) is 9.22. The Hall–Kier alpha value is -0.570. The lowest BCUT2D eigenvalue weighted by Gasteiger charge is -2.25. The number of benzene rings is 1. The smallest absolute Gasteiger partial charge is 0.191 e. The van der Waals surface area contributed by atoms with Gasteiger partial charge in [-0.05, 0) is 44.1 Å². The molecule has 24 heavy (non-hydrogen) atoms. The molecule has 3 atom stereocenters. The molecule has 1 saturated carbocycles. The molecule has 1 aromatic rings. The van der Waals surface area contributed by atoms with E-state index in [4.69, 9.17) is 0 Å². The van der Waals surface area contributed by atoms with E-state index in [0.717, 1.165) is 24.6 Å². The van der Waals surface area contributed by atoms with Gasteiger partial charge in [0.2, 0.25) is 0 Å². The van der Waals surface area contributed by atoms with E-state index < -0.39 is 11.6 Å². The van der Waals surface area contributed by atoms with Crippen LogP contribution in [-0.4, -0.2) is 36.1 Å². The van der Waals surface area contributed by atoms with Crippen LogP contribution >= 0.6 is 35.7 Å². The molecule has 1 aliphatic carbocycles. The van der Waals surface area contributed by atoms with E-state index in [9.17, 15) is 8.78 Å². The zero-order valence-electron chi connectivity index (χ0n) is 13.7. The summed E-state index contributed by atoms with van der Waals surface area (Å²) in [7, 11) is 0. The normalized spacial score (nSPS) is 26.5. The van der Waals surface area contributed by atoms with Crippen molar-refractivity contribution in [1.82, 2.24) is 10.6 Å². The number of thioether (sulfide) groups is 1. The molecule has 2 aliphatic rings. The Balaban J connectivity index is 0.00000208. The maximum absolute atomic E-state index is 13.9. The number of rotatable bonds is 4. The summed E-state index contributed by atoms with van der Waals surface area (Å²) in [5.74, 6) is 2.06. The molecule has 134 valence electrons. The van der Waals surface area contributed by atoms with Crippen molar-refractivity contribution in [3.05, 3.63) is 35.4 Å². The van der Waals surface area contributed by atoms with Crippen molar-refractivity contribution in [1.29, 1.82) is 0 Å². The Kier molecular flexibility index (Phi) is 7.59. The van der Waals surface area contributed by atoms with Crippen LogP contribution in [-0.2, 0) is 0 Å². The second-order valence-corrected chi connectivity index (χ2v) is 7.26. The van der Waals surface area contributed by atoms with Gasteiger partial charge in [-0.15, -0.1) is 24.0 Å². The van der Waals surface area contributed by atoms with E-state index in [2.05, 4.69) is 15.6 Å². The van der Waals surface area contributed by atoms with Crippen LogP contribution in [0.3, 0.4) is 0 Å². The number of nitrogens with one attached hydrogen (secondary N) is 2. The van der Waals surface area contributed by atoms with Crippen LogP contribution in [0.15, 0.2) is 23.2 Å². The molecule has 3 unspecified atom stereocenters.